The Balaban J connectivity index is 1.12. The van der Waals surface area contributed by atoms with E-state index in [1.807, 2.05) is 37.5 Å². The van der Waals surface area contributed by atoms with Gasteiger partial charge < -0.3 is 23.8 Å². The summed E-state index contributed by atoms with van der Waals surface area (Å²) in [6.07, 6.45) is 7.98. The molecule has 46 heavy (non-hydrogen) atoms. The lowest BCUT2D eigenvalue weighted by Crippen LogP contribution is -2.50. The first kappa shape index (κ1) is 29.8. The number of halogens is 1. The Bertz CT molecular complexity index is 1890. The minimum Gasteiger partial charge on any atom is -0.444 e. The van der Waals surface area contributed by atoms with Gasteiger partial charge in [-0.1, -0.05) is 23.5 Å². The highest BCUT2D eigenvalue weighted by atomic mass is 32.1. The van der Waals surface area contributed by atoms with E-state index in [-0.39, 0.29) is 16.8 Å². The number of piperazine rings is 1. The number of pyridine rings is 1. The van der Waals surface area contributed by atoms with Crippen LogP contribution in [0.2, 0.25) is 0 Å². The van der Waals surface area contributed by atoms with Gasteiger partial charge in [-0.25, -0.2) is 28.9 Å². The molecule has 0 spiro atoms. The number of nitrogens with zero attached hydrogens (tertiary/aromatic N) is 8. The molecule has 0 aliphatic carbocycles. The van der Waals surface area contributed by atoms with E-state index in [4.69, 9.17) is 9.47 Å². The lowest BCUT2D eigenvalue weighted by Gasteiger charge is -2.36. The van der Waals surface area contributed by atoms with E-state index in [1.54, 1.807) is 47.3 Å². The molecular weight excluding hydrogens is 611 g/mol. The third-order valence-electron chi connectivity index (χ3n) is 8.08. The number of carbonyl (C=O) groups excluding carboxylic acids is 2. The number of aromatic nitrogens is 6. The number of hydrogen-bond donors (Lipinski definition) is 0. The van der Waals surface area contributed by atoms with Gasteiger partial charge in [0.25, 0.3) is 5.19 Å². The lowest BCUT2D eigenvalue weighted by molar-refractivity contribution is -0.137. The summed E-state index contributed by atoms with van der Waals surface area (Å²) in [5, 5.41) is 7.05. The molecule has 5 aromatic rings. The molecule has 1 amide bonds. The minimum absolute atomic E-state index is 0.128. The molecule has 1 unspecified atom stereocenters. The van der Waals surface area contributed by atoms with Crippen molar-refractivity contribution in [1.29, 1.82) is 0 Å². The molecule has 12 nitrogen and oxygen atoms in total. The van der Waals surface area contributed by atoms with Crippen LogP contribution in [0, 0.1) is 5.82 Å². The molecule has 1 atom stereocenters. The molecule has 238 valence electrons. The van der Waals surface area contributed by atoms with Gasteiger partial charge in [0.05, 0.1) is 12.0 Å². The molecule has 2 aliphatic rings. The SMILES string of the molecule is CC(C)(C)OC(=O)N1CCN(c2ccc(-c3ccc4cn(C(C(=O)Oc5nccs5)c5ncn6c5CCC6)nc4c3F)cn2)CC1. The first-order chi connectivity index (χ1) is 22.1. The maximum Gasteiger partial charge on any atom is 0.410 e. The fraction of sp³-hybridized carbons (Fsp3) is 0.375. The molecule has 0 bridgehead atoms. The first-order valence-electron chi connectivity index (χ1n) is 15.2. The van der Waals surface area contributed by atoms with E-state index < -0.39 is 23.4 Å². The Morgan fingerprint density at radius 1 is 1.02 bits per heavy atom. The topological polar surface area (TPSA) is 120 Å². The van der Waals surface area contributed by atoms with Crippen molar-refractivity contribution in [2.45, 2.75) is 51.8 Å². The van der Waals surface area contributed by atoms with E-state index >= 15 is 4.39 Å². The van der Waals surface area contributed by atoms with Crippen molar-refractivity contribution in [1.82, 2.24) is 34.2 Å². The van der Waals surface area contributed by atoms with Gasteiger partial charge in [0, 0.05) is 78.9 Å². The monoisotopic (exact) mass is 644 g/mol. The number of hydrogen-bond acceptors (Lipinski definition) is 10. The molecular formula is C32H33FN8O4S. The quantitative estimate of drug-likeness (QED) is 0.233. The second kappa shape index (κ2) is 11.8. The van der Waals surface area contributed by atoms with Crippen LogP contribution in [0.5, 0.6) is 5.19 Å². The third-order valence-corrected chi connectivity index (χ3v) is 8.73. The predicted molar refractivity (Wildman–Crippen MR) is 169 cm³/mol. The molecule has 14 heteroatoms. The van der Waals surface area contributed by atoms with Crippen molar-refractivity contribution in [3.8, 4) is 16.3 Å². The number of carbonyl (C=O) groups is 2. The van der Waals surface area contributed by atoms with Gasteiger partial charge >= 0.3 is 12.1 Å². The van der Waals surface area contributed by atoms with E-state index in [1.165, 1.54) is 16.0 Å². The van der Waals surface area contributed by atoms with Crippen LogP contribution >= 0.6 is 11.3 Å². The summed E-state index contributed by atoms with van der Waals surface area (Å²) in [5.41, 5.74) is 2.01. The number of ether oxygens (including phenoxy) is 2. The Labute approximate surface area is 268 Å². The van der Waals surface area contributed by atoms with Crippen LogP contribution in [0.25, 0.3) is 22.0 Å². The van der Waals surface area contributed by atoms with Crippen molar-refractivity contribution >= 4 is 40.1 Å². The van der Waals surface area contributed by atoms with Gasteiger partial charge in [0.1, 0.15) is 16.9 Å². The van der Waals surface area contributed by atoms with Crippen LogP contribution in [-0.4, -0.2) is 78.0 Å². The molecule has 6 heterocycles. The Kier molecular flexibility index (Phi) is 7.67. The number of anilines is 1. The second-order valence-corrected chi connectivity index (χ2v) is 13.2. The normalized spacial score (nSPS) is 15.7. The standard InChI is InChI=1S/C32H33FN8O4S/c1-32(2,3)45-31(43)39-14-12-38(13-15-39)24-9-7-20(17-35-24)22-8-6-21-18-41(37-26(21)25(22)33)28(29(42)44-30-34-10-16-46-30)27-23-5-4-11-40(23)19-36-27/h6-10,16-19,28H,4-5,11-15H2,1-3H3. The fourth-order valence-corrected chi connectivity index (χ4v) is 6.37. The van der Waals surface area contributed by atoms with Crippen molar-refractivity contribution < 1.29 is 23.5 Å². The second-order valence-electron chi connectivity index (χ2n) is 12.3. The van der Waals surface area contributed by atoms with Crippen LogP contribution in [0.15, 0.2) is 54.6 Å². The highest BCUT2D eigenvalue weighted by Gasteiger charge is 2.34. The van der Waals surface area contributed by atoms with Crippen LogP contribution in [0.1, 0.15) is 44.6 Å². The molecule has 1 saturated heterocycles. The number of thiazole rings is 1. The van der Waals surface area contributed by atoms with Crippen LogP contribution in [0.4, 0.5) is 15.0 Å². The average molecular weight is 645 g/mol. The van der Waals surface area contributed by atoms with Crippen LogP contribution in [0.3, 0.4) is 0 Å². The maximum absolute atomic E-state index is 16.1. The van der Waals surface area contributed by atoms with Gasteiger partial charge in [0.2, 0.25) is 0 Å². The molecule has 1 fully saturated rings. The smallest absolute Gasteiger partial charge is 0.410 e. The molecule has 4 aromatic heterocycles. The van der Waals surface area contributed by atoms with Crippen molar-refractivity contribution in [2.24, 2.45) is 0 Å². The number of rotatable bonds is 6. The molecule has 0 saturated carbocycles. The fourth-order valence-electron chi connectivity index (χ4n) is 5.88. The summed E-state index contributed by atoms with van der Waals surface area (Å²) in [4.78, 5) is 43.0. The Morgan fingerprint density at radius 3 is 2.57 bits per heavy atom. The van der Waals surface area contributed by atoms with Gasteiger partial charge in [-0.2, -0.15) is 5.10 Å². The Morgan fingerprint density at radius 2 is 1.85 bits per heavy atom. The lowest BCUT2D eigenvalue weighted by atomic mass is 10.1. The van der Waals surface area contributed by atoms with Crippen LogP contribution in [-0.2, 0) is 22.5 Å². The number of esters is 1. The molecule has 0 radical (unpaired) electrons. The number of fused-ring (bicyclic) bond motifs is 2. The zero-order valence-electron chi connectivity index (χ0n) is 25.7. The zero-order chi connectivity index (χ0) is 32.0. The summed E-state index contributed by atoms with van der Waals surface area (Å²) in [5.74, 6) is -0.366. The summed E-state index contributed by atoms with van der Waals surface area (Å²) in [7, 11) is 0. The van der Waals surface area contributed by atoms with E-state index in [2.05, 4.69) is 25.0 Å². The van der Waals surface area contributed by atoms with Crippen LogP contribution < -0.4 is 9.64 Å². The van der Waals surface area contributed by atoms with E-state index in [9.17, 15) is 9.59 Å². The number of imidazole rings is 1. The minimum atomic E-state index is -1.01. The third kappa shape index (κ3) is 5.80. The van der Waals surface area contributed by atoms with Gasteiger partial charge in [0.15, 0.2) is 11.9 Å². The van der Waals surface area contributed by atoms with E-state index in [0.29, 0.717) is 48.4 Å². The molecule has 2 aliphatic heterocycles. The molecule has 7 rings (SSSR count). The van der Waals surface area contributed by atoms with Crippen molar-refractivity contribution in [3.63, 3.8) is 0 Å². The number of aryl methyl sites for hydroxylation is 1. The summed E-state index contributed by atoms with van der Waals surface area (Å²) < 4.78 is 30.6. The van der Waals surface area contributed by atoms with Gasteiger partial charge in [-0.05, 0) is 45.7 Å². The number of benzene rings is 1. The van der Waals surface area contributed by atoms with Gasteiger partial charge in [-0.15, -0.1) is 0 Å². The van der Waals surface area contributed by atoms with E-state index in [0.717, 1.165) is 30.9 Å². The van der Waals surface area contributed by atoms with Gasteiger partial charge in [-0.3, -0.25) is 4.68 Å². The molecule has 0 N–H and O–H groups in total. The molecule has 1 aromatic carbocycles. The zero-order valence-corrected chi connectivity index (χ0v) is 26.5. The van der Waals surface area contributed by atoms with Crippen molar-refractivity contribution in [2.75, 3.05) is 31.1 Å². The summed E-state index contributed by atoms with van der Waals surface area (Å²) >= 11 is 1.21. The average Bonchev–Trinajstić information content (AvgIpc) is 3.84. The highest BCUT2D eigenvalue weighted by Crippen LogP contribution is 2.33. The van der Waals surface area contributed by atoms with Crippen molar-refractivity contribution in [3.05, 3.63) is 71.8 Å². The first-order valence-corrected chi connectivity index (χ1v) is 16.0. The summed E-state index contributed by atoms with van der Waals surface area (Å²) in [6, 6.07) is 6.14. The Hall–Kier alpha value is -4.85. The maximum atomic E-state index is 16.1. The summed E-state index contributed by atoms with van der Waals surface area (Å²) in [6.45, 7) is 8.63. The predicted octanol–water partition coefficient (Wildman–Crippen LogP) is 5.09. The largest absolute Gasteiger partial charge is 0.444 e. The highest BCUT2D eigenvalue weighted by molar-refractivity contribution is 7.11. The number of amides is 1.